The number of imidazole rings is 1. The van der Waals surface area contributed by atoms with Crippen LogP contribution in [0.2, 0.25) is 0 Å². The summed E-state index contributed by atoms with van der Waals surface area (Å²) < 4.78 is 71.7. The first-order valence-electron chi connectivity index (χ1n) is 8.55. The number of nitrogen functional groups attached to an aromatic ring is 1. The minimum absolute atomic E-state index is 0.249. The van der Waals surface area contributed by atoms with Crippen LogP contribution in [0.1, 0.15) is 6.23 Å². The summed E-state index contributed by atoms with van der Waals surface area (Å²) >= 11 is 0. The molecule has 0 aliphatic carbocycles. The second kappa shape index (κ2) is 9.11. The average molecular weight is 555 g/mol. The van der Waals surface area contributed by atoms with E-state index < -0.39 is 59.9 Å². The largest absolute Gasteiger partial charge is 0.490 e. The molecule has 0 spiro atoms. The van der Waals surface area contributed by atoms with Crippen LogP contribution in [0, 0.1) is 0 Å². The molecular weight excluding hydrogens is 538 g/mol. The van der Waals surface area contributed by atoms with Crippen molar-refractivity contribution in [2.75, 3.05) is 19.5 Å². The van der Waals surface area contributed by atoms with Crippen molar-refractivity contribution >= 4 is 40.6 Å². The molecule has 0 aromatic carbocycles. The van der Waals surface area contributed by atoms with E-state index in [1.165, 1.54) is 0 Å². The maximum Gasteiger partial charge on any atom is 0.490 e. The number of hydrogen-bond donors (Lipinski definition) is 7. The van der Waals surface area contributed by atoms with Crippen molar-refractivity contribution < 1.29 is 65.4 Å². The van der Waals surface area contributed by atoms with Gasteiger partial charge in [0.25, 0.3) is 5.56 Å². The van der Waals surface area contributed by atoms with Gasteiger partial charge in [0.1, 0.15) is 12.7 Å². The zero-order valence-corrected chi connectivity index (χ0v) is 19.2. The van der Waals surface area contributed by atoms with Gasteiger partial charge >= 0.3 is 23.5 Å². The predicted octanol–water partition coefficient (Wildman–Crippen LogP) is -1.38. The highest BCUT2D eigenvalue weighted by Crippen LogP contribution is 2.66. The van der Waals surface area contributed by atoms with E-state index in [9.17, 15) is 37.8 Å². The SMILES string of the molecule is CO[C@]1(COP(=O)(O)OP(=O)(O)OP(=O)(O)O)O[C@@H](n2cnc3c(=O)[nH]c(N)nc32)[C@H](F)[C@@H]1O. The third-order valence-electron chi connectivity index (χ3n) is 4.26. The van der Waals surface area contributed by atoms with Gasteiger partial charge in [-0.15, -0.1) is 0 Å². The number of phosphoric ester groups is 1. The number of hydrogen-bond acceptors (Lipinski definition) is 13. The molecule has 2 unspecified atom stereocenters. The number of methoxy groups -OCH3 is 1. The highest BCUT2D eigenvalue weighted by Gasteiger charge is 2.58. The number of aromatic nitrogens is 4. The number of nitrogens with two attached hydrogens (primary N) is 1. The molecule has 2 aromatic rings. The van der Waals surface area contributed by atoms with Crippen LogP contribution in [-0.2, 0) is 36.3 Å². The lowest BCUT2D eigenvalue weighted by atomic mass is 10.1. The van der Waals surface area contributed by atoms with Gasteiger partial charge in [-0.25, -0.2) is 23.1 Å². The van der Waals surface area contributed by atoms with Crippen LogP contribution in [0.3, 0.4) is 0 Å². The summed E-state index contributed by atoms with van der Waals surface area (Å²) in [5, 5.41) is 10.3. The number of aliphatic hydroxyl groups excluding tert-OH is 1. The molecule has 8 N–H and O–H groups in total. The molecule has 1 saturated heterocycles. The number of aliphatic hydroxyl groups is 1. The number of nitrogens with zero attached hydrogens (tertiary/aromatic N) is 3. The molecule has 23 heteroatoms. The second-order valence-electron chi connectivity index (χ2n) is 6.55. The van der Waals surface area contributed by atoms with Crippen LogP contribution in [0.25, 0.3) is 11.2 Å². The number of alkyl halides is 1. The van der Waals surface area contributed by atoms with Crippen LogP contribution in [0.4, 0.5) is 10.3 Å². The number of H-pyrrole nitrogens is 1. The smallest absolute Gasteiger partial charge is 0.384 e. The fraction of sp³-hybridized carbons (Fsp3) is 0.545. The van der Waals surface area contributed by atoms with E-state index in [4.69, 9.17) is 25.0 Å². The monoisotopic (exact) mass is 555 g/mol. The first kappa shape index (κ1) is 27.0. The molecule has 1 aliphatic heterocycles. The van der Waals surface area contributed by atoms with Crippen LogP contribution in [0.15, 0.2) is 11.1 Å². The van der Waals surface area contributed by atoms with Crippen LogP contribution >= 0.6 is 23.5 Å². The van der Waals surface area contributed by atoms with Crippen LogP contribution < -0.4 is 11.3 Å². The standard InChI is InChI=1S/C11H17FN5O14P3/c1-27-11(2-28-33(23,24)31-34(25,26)30-32(20,21)22)6(18)4(12)9(29-11)17-3-14-5-7(17)15-10(13)16-8(5)19/h3-4,6,9,18H,2H2,1H3,(H,23,24)(H,25,26)(H2,20,21,22)(H3,13,15,16,19)/t4-,6+,9-,11-/m1/s1. The number of halogens is 1. The highest BCUT2D eigenvalue weighted by atomic mass is 31.3. The molecule has 3 rings (SSSR count). The number of aromatic amines is 1. The van der Waals surface area contributed by atoms with Crippen LogP contribution in [0.5, 0.6) is 0 Å². The summed E-state index contributed by atoms with van der Waals surface area (Å²) in [6.07, 6.45) is -5.43. The highest BCUT2D eigenvalue weighted by molar-refractivity contribution is 7.66. The van der Waals surface area contributed by atoms with E-state index in [2.05, 4.69) is 28.1 Å². The fourth-order valence-corrected chi connectivity index (χ4v) is 5.94. The van der Waals surface area contributed by atoms with Crippen molar-refractivity contribution in [1.29, 1.82) is 0 Å². The Morgan fingerprint density at radius 2 is 1.91 bits per heavy atom. The van der Waals surface area contributed by atoms with E-state index in [1.807, 2.05) is 0 Å². The number of phosphoric acid groups is 3. The van der Waals surface area contributed by atoms with E-state index in [0.717, 1.165) is 18.0 Å². The van der Waals surface area contributed by atoms with Gasteiger partial charge in [0, 0.05) is 7.11 Å². The molecule has 0 radical (unpaired) electrons. The van der Waals surface area contributed by atoms with Gasteiger partial charge in [-0.2, -0.15) is 13.6 Å². The molecule has 0 saturated carbocycles. The number of fused-ring (bicyclic) bond motifs is 1. The summed E-state index contributed by atoms with van der Waals surface area (Å²) in [7, 11) is -16.2. The lowest BCUT2D eigenvalue weighted by Gasteiger charge is -2.30. The normalized spacial score (nSPS) is 29.2. The molecule has 1 aliphatic rings. The molecule has 19 nitrogen and oxygen atoms in total. The molecule has 0 bridgehead atoms. The molecule has 34 heavy (non-hydrogen) atoms. The third kappa shape index (κ3) is 5.60. The first-order valence-corrected chi connectivity index (χ1v) is 13.1. The zero-order chi connectivity index (χ0) is 25.7. The summed E-state index contributed by atoms with van der Waals surface area (Å²) in [6.45, 7) is -1.33. The van der Waals surface area contributed by atoms with E-state index in [0.29, 0.717) is 0 Å². The zero-order valence-electron chi connectivity index (χ0n) is 16.6. The van der Waals surface area contributed by atoms with Crippen LogP contribution in [-0.4, -0.2) is 76.0 Å². The molecule has 0 amide bonds. The van der Waals surface area contributed by atoms with Gasteiger partial charge in [0.2, 0.25) is 11.7 Å². The number of ether oxygens (including phenoxy) is 2. The topological polar surface area (TPSA) is 288 Å². The number of rotatable bonds is 9. The first-order chi connectivity index (χ1) is 15.5. The second-order valence-corrected chi connectivity index (χ2v) is 11.0. The fourth-order valence-electron chi connectivity index (χ4n) is 2.90. The quantitative estimate of drug-likeness (QED) is 0.175. The molecule has 2 aromatic heterocycles. The van der Waals surface area contributed by atoms with Gasteiger partial charge in [-0.3, -0.25) is 18.9 Å². The molecular formula is C11H17FN5O14P3. The van der Waals surface area contributed by atoms with Gasteiger partial charge in [0.05, 0.1) is 6.33 Å². The maximum absolute atomic E-state index is 15.0. The minimum Gasteiger partial charge on any atom is -0.384 e. The third-order valence-corrected chi connectivity index (χ3v) is 8.04. The Kier molecular flexibility index (Phi) is 7.22. The van der Waals surface area contributed by atoms with Gasteiger partial charge < -0.3 is 39.9 Å². The van der Waals surface area contributed by atoms with Gasteiger partial charge in [0.15, 0.2) is 23.6 Å². The average Bonchev–Trinajstić information content (AvgIpc) is 3.18. The molecule has 192 valence electrons. The van der Waals surface area contributed by atoms with E-state index in [1.54, 1.807) is 0 Å². The van der Waals surface area contributed by atoms with E-state index in [-0.39, 0.29) is 17.1 Å². The Bertz CT molecular complexity index is 1280. The summed E-state index contributed by atoms with van der Waals surface area (Å²) in [5.41, 5.74) is 4.19. The Balaban J connectivity index is 1.83. The summed E-state index contributed by atoms with van der Waals surface area (Å²) in [4.78, 5) is 57.5. The number of nitrogens with one attached hydrogen (secondary N) is 1. The summed E-state index contributed by atoms with van der Waals surface area (Å²) in [5.74, 6) is -2.89. The lowest BCUT2D eigenvalue weighted by Crippen LogP contribution is -2.47. The van der Waals surface area contributed by atoms with Crippen molar-refractivity contribution in [3.63, 3.8) is 0 Å². The maximum atomic E-state index is 15.0. The minimum atomic E-state index is -5.83. The predicted molar refractivity (Wildman–Crippen MR) is 103 cm³/mol. The van der Waals surface area contributed by atoms with Crippen molar-refractivity contribution in [3.8, 4) is 0 Å². The van der Waals surface area contributed by atoms with Gasteiger partial charge in [-0.1, -0.05) is 0 Å². The molecule has 3 heterocycles. The van der Waals surface area contributed by atoms with Crippen molar-refractivity contribution in [3.05, 3.63) is 16.7 Å². The Morgan fingerprint density at radius 3 is 2.50 bits per heavy atom. The van der Waals surface area contributed by atoms with Crippen molar-refractivity contribution in [1.82, 2.24) is 19.5 Å². The Morgan fingerprint density at radius 1 is 1.26 bits per heavy atom. The van der Waals surface area contributed by atoms with Crippen molar-refractivity contribution in [2.45, 2.75) is 24.3 Å². The Hall–Kier alpha value is -1.63. The van der Waals surface area contributed by atoms with Crippen molar-refractivity contribution in [2.24, 2.45) is 0 Å². The summed E-state index contributed by atoms with van der Waals surface area (Å²) in [6, 6.07) is 0. The molecule has 1 fully saturated rings. The van der Waals surface area contributed by atoms with E-state index >= 15 is 0 Å². The lowest BCUT2D eigenvalue weighted by molar-refractivity contribution is -0.266. The van der Waals surface area contributed by atoms with Gasteiger partial charge in [-0.05, 0) is 0 Å². The number of anilines is 1. The Labute approximate surface area is 186 Å². The molecule has 6 atom stereocenters.